The molecule has 3 atom stereocenters. The lowest BCUT2D eigenvalue weighted by Crippen LogP contribution is -2.33. The molecule has 7 nitrogen and oxygen atoms in total. The molecule has 0 aliphatic heterocycles. The highest BCUT2D eigenvalue weighted by atomic mass is 79.9. The lowest BCUT2D eigenvalue weighted by atomic mass is 9.88. The molecule has 8 heteroatoms. The lowest BCUT2D eigenvalue weighted by Gasteiger charge is -2.28. The number of hydrogen-bond acceptors (Lipinski definition) is 7. The van der Waals surface area contributed by atoms with Crippen LogP contribution in [0.15, 0.2) is 19.8 Å². The largest absolute Gasteiger partial charge is 0.496 e. The average Bonchev–Trinajstić information content (AvgIpc) is 2.51. The van der Waals surface area contributed by atoms with Crippen molar-refractivity contribution in [1.82, 2.24) is 0 Å². The fourth-order valence-corrected chi connectivity index (χ4v) is 3.40. The zero-order chi connectivity index (χ0) is 16.9. The minimum absolute atomic E-state index is 0.0706. The van der Waals surface area contributed by atoms with Gasteiger partial charge in [-0.2, -0.15) is 0 Å². The normalized spacial score (nSPS) is 23.7. The minimum Gasteiger partial charge on any atom is -0.496 e. The SMILES string of the molecule is COc1c(Br)cc(OC)c2c(=O)c3c(oc12)[C@H](O)C[C@@H](O)C3O. The zero-order valence-electron chi connectivity index (χ0n) is 12.4. The Morgan fingerprint density at radius 1 is 1.26 bits per heavy atom. The zero-order valence-corrected chi connectivity index (χ0v) is 14.0. The quantitative estimate of drug-likeness (QED) is 0.715. The van der Waals surface area contributed by atoms with Gasteiger partial charge in [0.1, 0.15) is 29.1 Å². The maximum absolute atomic E-state index is 12.8. The van der Waals surface area contributed by atoms with Crippen molar-refractivity contribution in [2.24, 2.45) is 0 Å². The van der Waals surface area contributed by atoms with E-state index in [2.05, 4.69) is 15.9 Å². The predicted octanol–water partition coefficient (Wildman–Crippen LogP) is 1.40. The van der Waals surface area contributed by atoms with Gasteiger partial charge in [-0.3, -0.25) is 4.79 Å². The molecular weight excluding hydrogens is 372 g/mol. The second-order valence-electron chi connectivity index (χ2n) is 5.27. The Balaban J connectivity index is 2.49. The number of methoxy groups -OCH3 is 2. The smallest absolute Gasteiger partial charge is 0.202 e. The monoisotopic (exact) mass is 386 g/mol. The second kappa shape index (κ2) is 5.79. The van der Waals surface area contributed by atoms with E-state index in [1.807, 2.05) is 0 Å². The van der Waals surface area contributed by atoms with E-state index in [0.717, 1.165) is 0 Å². The molecule has 1 aromatic carbocycles. The molecular formula is C15H15BrO7. The fourth-order valence-electron chi connectivity index (χ4n) is 2.85. The van der Waals surface area contributed by atoms with Crippen LogP contribution in [0.2, 0.25) is 0 Å². The summed E-state index contributed by atoms with van der Waals surface area (Å²) in [7, 11) is 2.81. The number of benzene rings is 1. The molecule has 1 aliphatic rings. The standard InChI is InChI=1S/C15H15BrO7/c1-21-8-3-5(16)13(22-2)15-9(8)12(20)10-11(19)6(17)4-7(18)14(10)23-15/h3,6-7,11,17-19H,4H2,1-2H3/t6-,7-,11?/m1/s1. The summed E-state index contributed by atoms with van der Waals surface area (Å²) in [5, 5.41) is 30.1. The van der Waals surface area contributed by atoms with E-state index in [1.54, 1.807) is 6.07 Å². The van der Waals surface area contributed by atoms with Crippen molar-refractivity contribution < 1.29 is 29.2 Å². The molecule has 1 unspecified atom stereocenters. The van der Waals surface area contributed by atoms with Gasteiger partial charge >= 0.3 is 0 Å². The first-order chi connectivity index (χ1) is 10.9. The molecule has 1 aromatic heterocycles. The van der Waals surface area contributed by atoms with Gasteiger partial charge in [0.05, 0.1) is 30.4 Å². The first-order valence-corrected chi connectivity index (χ1v) is 7.65. The third kappa shape index (κ3) is 2.33. The number of fused-ring (bicyclic) bond motifs is 2. The number of rotatable bonds is 2. The third-order valence-electron chi connectivity index (χ3n) is 3.96. The maximum atomic E-state index is 12.8. The highest BCUT2D eigenvalue weighted by Crippen LogP contribution is 2.43. The number of hydrogen-bond donors (Lipinski definition) is 3. The summed E-state index contributed by atoms with van der Waals surface area (Å²) in [4.78, 5) is 12.8. The summed E-state index contributed by atoms with van der Waals surface area (Å²) in [6.07, 6.45) is -4.01. The summed E-state index contributed by atoms with van der Waals surface area (Å²) in [6, 6.07) is 1.55. The van der Waals surface area contributed by atoms with Crippen molar-refractivity contribution in [3.63, 3.8) is 0 Å². The van der Waals surface area contributed by atoms with Gasteiger partial charge in [-0.1, -0.05) is 0 Å². The summed E-state index contributed by atoms with van der Waals surface area (Å²) in [5.41, 5.74) is -0.634. The van der Waals surface area contributed by atoms with Crippen LogP contribution < -0.4 is 14.9 Å². The summed E-state index contributed by atoms with van der Waals surface area (Å²) < 4.78 is 16.7. The van der Waals surface area contributed by atoms with Gasteiger partial charge in [-0.15, -0.1) is 0 Å². The molecule has 124 valence electrons. The first kappa shape index (κ1) is 16.3. The van der Waals surface area contributed by atoms with Crippen molar-refractivity contribution in [1.29, 1.82) is 0 Å². The molecule has 0 saturated carbocycles. The topological polar surface area (TPSA) is 109 Å². The number of halogens is 1. The van der Waals surface area contributed by atoms with Crippen LogP contribution in [-0.4, -0.2) is 35.6 Å². The van der Waals surface area contributed by atoms with Crippen LogP contribution in [0.25, 0.3) is 11.0 Å². The summed E-state index contributed by atoms with van der Waals surface area (Å²) in [5.74, 6) is 0.429. The van der Waals surface area contributed by atoms with E-state index in [-0.39, 0.29) is 40.2 Å². The van der Waals surface area contributed by atoms with Gasteiger partial charge in [0.2, 0.25) is 5.43 Å². The number of aliphatic hydroxyl groups excluding tert-OH is 3. The average molecular weight is 387 g/mol. The highest BCUT2D eigenvalue weighted by molar-refractivity contribution is 9.10. The van der Waals surface area contributed by atoms with Gasteiger partial charge in [-0.05, 0) is 22.0 Å². The van der Waals surface area contributed by atoms with E-state index >= 15 is 0 Å². The predicted molar refractivity (Wildman–Crippen MR) is 83.8 cm³/mol. The van der Waals surface area contributed by atoms with Gasteiger partial charge in [0.15, 0.2) is 11.3 Å². The van der Waals surface area contributed by atoms with Crippen molar-refractivity contribution in [2.45, 2.75) is 24.7 Å². The number of ether oxygens (including phenoxy) is 2. The summed E-state index contributed by atoms with van der Waals surface area (Å²) >= 11 is 3.31. The molecule has 0 saturated heterocycles. The van der Waals surface area contributed by atoms with Gasteiger partial charge in [-0.25, -0.2) is 0 Å². The molecule has 0 spiro atoms. The van der Waals surface area contributed by atoms with Gasteiger partial charge in [0, 0.05) is 6.42 Å². The Morgan fingerprint density at radius 2 is 1.96 bits per heavy atom. The Kier molecular flexibility index (Phi) is 4.09. The van der Waals surface area contributed by atoms with E-state index in [1.165, 1.54) is 14.2 Å². The number of aliphatic hydroxyl groups is 3. The van der Waals surface area contributed by atoms with Crippen LogP contribution >= 0.6 is 15.9 Å². The Hall–Kier alpha value is -1.61. The third-order valence-corrected chi connectivity index (χ3v) is 4.54. The molecule has 0 fully saturated rings. The highest BCUT2D eigenvalue weighted by Gasteiger charge is 2.38. The minimum atomic E-state index is -1.44. The molecule has 0 radical (unpaired) electrons. The molecule has 1 heterocycles. The van der Waals surface area contributed by atoms with E-state index in [9.17, 15) is 20.1 Å². The molecule has 2 aromatic rings. The molecule has 3 N–H and O–H groups in total. The van der Waals surface area contributed by atoms with E-state index < -0.39 is 23.7 Å². The molecule has 0 amide bonds. The maximum Gasteiger partial charge on any atom is 0.202 e. The molecule has 0 bridgehead atoms. The molecule has 1 aliphatic carbocycles. The van der Waals surface area contributed by atoms with Crippen LogP contribution in [-0.2, 0) is 0 Å². The van der Waals surface area contributed by atoms with Gasteiger partial charge < -0.3 is 29.2 Å². The summed E-state index contributed by atoms with van der Waals surface area (Å²) in [6.45, 7) is 0. The van der Waals surface area contributed by atoms with E-state index in [4.69, 9.17) is 13.9 Å². The van der Waals surface area contributed by atoms with Crippen LogP contribution in [0.5, 0.6) is 11.5 Å². The van der Waals surface area contributed by atoms with Crippen LogP contribution in [0, 0.1) is 0 Å². The fraction of sp³-hybridized carbons (Fsp3) is 0.400. The van der Waals surface area contributed by atoms with Crippen molar-refractivity contribution in [3.8, 4) is 11.5 Å². The second-order valence-corrected chi connectivity index (χ2v) is 6.13. The van der Waals surface area contributed by atoms with Crippen molar-refractivity contribution >= 4 is 26.9 Å². The van der Waals surface area contributed by atoms with Gasteiger partial charge in [0.25, 0.3) is 0 Å². The Morgan fingerprint density at radius 3 is 2.57 bits per heavy atom. The van der Waals surface area contributed by atoms with Crippen LogP contribution in [0.1, 0.15) is 30.0 Å². The van der Waals surface area contributed by atoms with Crippen LogP contribution in [0.3, 0.4) is 0 Å². The van der Waals surface area contributed by atoms with Crippen molar-refractivity contribution in [3.05, 3.63) is 32.1 Å². The Labute approximate surface area is 139 Å². The van der Waals surface area contributed by atoms with Crippen LogP contribution in [0.4, 0.5) is 0 Å². The Bertz CT molecular complexity index is 829. The molecule has 23 heavy (non-hydrogen) atoms. The van der Waals surface area contributed by atoms with Crippen molar-refractivity contribution in [2.75, 3.05) is 14.2 Å². The molecule has 3 rings (SSSR count). The van der Waals surface area contributed by atoms with E-state index in [0.29, 0.717) is 4.47 Å². The first-order valence-electron chi connectivity index (χ1n) is 6.86. The lowest BCUT2D eigenvalue weighted by molar-refractivity contribution is -0.0373.